The lowest BCUT2D eigenvalue weighted by molar-refractivity contribution is -0.394. The zero-order valence-electron chi connectivity index (χ0n) is 12.4. The lowest BCUT2D eigenvalue weighted by Crippen LogP contribution is -2.12. The van der Waals surface area contributed by atoms with Crippen LogP contribution in [0.3, 0.4) is 0 Å². The molecule has 0 bridgehead atoms. The molecule has 1 N–H and O–H groups in total. The van der Waals surface area contributed by atoms with Crippen LogP contribution in [0.5, 0.6) is 0 Å². The molecule has 0 aliphatic carbocycles. The summed E-state index contributed by atoms with van der Waals surface area (Å²) in [4.78, 5) is 19.9. The lowest BCUT2D eigenvalue weighted by atomic mass is 10.1. The maximum absolute atomic E-state index is 13.4. The fourth-order valence-electron chi connectivity index (χ4n) is 2.02. The number of rotatable bonds is 4. The van der Waals surface area contributed by atoms with E-state index in [1.165, 1.54) is 6.07 Å². The van der Waals surface area contributed by atoms with Crippen LogP contribution in [0, 0.1) is 23.8 Å². The fraction of sp³-hybridized carbons (Fsp3) is 0.0769. The number of hydrogen-bond acceptors (Lipinski definition) is 5. The zero-order valence-corrected chi connectivity index (χ0v) is 18.5. The molecule has 0 radical (unpaired) electrons. The van der Waals surface area contributed by atoms with Crippen LogP contribution >= 0.6 is 66.1 Å². The molecule has 0 spiro atoms. The highest BCUT2D eigenvalue weighted by molar-refractivity contribution is 14.1. The average Bonchev–Trinajstić information content (AvgIpc) is 2.55. The second-order valence-corrected chi connectivity index (χ2v) is 8.02. The monoisotopic (exact) mass is 643 g/mol. The molecule has 0 amide bonds. The molecule has 27 heavy (non-hydrogen) atoms. The van der Waals surface area contributed by atoms with Gasteiger partial charge in [-0.15, -0.1) is 0 Å². The van der Waals surface area contributed by atoms with Crippen LogP contribution < -0.4 is 5.32 Å². The minimum absolute atomic E-state index is 0.0183. The smallest absolute Gasteiger partial charge is 0.347 e. The van der Waals surface area contributed by atoms with Crippen molar-refractivity contribution >= 4 is 88.8 Å². The Labute approximate surface area is 184 Å². The van der Waals surface area contributed by atoms with E-state index in [1.54, 1.807) is 0 Å². The minimum atomic E-state index is -5.10. The van der Waals surface area contributed by atoms with Gasteiger partial charge in [-0.25, -0.2) is 0 Å². The molecule has 0 aromatic heterocycles. The van der Waals surface area contributed by atoms with Crippen LogP contribution in [-0.4, -0.2) is 9.85 Å². The summed E-state index contributed by atoms with van der Waals surface area (Å²) in [6.07, 6.45) is -5.10. The lowest BCUT2D eigenvalue weighted by Gasteiger charge is -2.17. The number of nitrogens with one attached hydrogen (secondary N) is 1. The van der Waals surface area contributed by atoms with Crippen molar-refractivity contribution in [3.05, 3.63) is 61.5 Å². The van der Waals surface area contributed by atoms with Crippen LogP contribution in [0.2, 0.25) is 5.02 Å². The summed E-state index contributed by atoms with van der Waals surface area (Å²) >= 11 is 14.3. The molecule has 144 valence electrons. The van der Waals surface area contributed by atoms with E-state index in [4.69, 9.17) is 11.6 Å². The van der Waals surface area contributed by atoms with Crippen LogP contribution in [0.25, 0.3) is 0 Å². The van der Waals surface area contributed by atoms with Crippen molar-refractivity contribution in [2.75, 3.05) is 5.32 Å². The third-order valence-corrected chi connectivity index (χ3v) is 7.22. The topological polar surface area (TPSA) is 98.3 Å². The van der Waals surface area contributed by atoms with Gasteiger partial charge in [0.2, 0.25) is 0 Å². The molecule has 0 aliphatic heterocycles. The van der Waals surface area contributed by atoms with Crippen molar-refractivity contribution in [3.63, 3.8) is 0 Å². The van der Waals surface area contributed by atoms with Crippen LogP contribution in [-0.2, 0) is 6.18 Å². The molecule has 0 aliphatic rings. The zero-order chi connectivity index (χ0) is 20.7. The van der Waals surface area contributed by atoms with Gasteiger partial charge in [0, 0.05) is 14.1 Å². The summed E-state index contributed by atoms with van der Waals surface area (Å²) in [6.45, 7) is 0. The Kier molecular flexibility index (Phi) is 6.59. The van der Waals surface area contributed by atoms with Gasteiger partial charge in [-0.3, -0.25) is 20.2 Å². The molecule has 0 heterocycles. The number of anilines is 2. The Morgan fingerprint density at radius 2 is 1.63 bits per heavy atom. The summed E-state index contributed by atoms with van der Waals surface area (Å²) in [5.41, 5.74) is -4.79. The van der Waals surface area contributed by atoms with E-state index in [9.17, 15) is 33.4 Å². The molecular formula is C13H4Br2ClF3IN3O4. The fourth-order valence-corrected chi connectivity index (χ4v) is 4.36. The van der Waals surface area contributed by atoms with Crippen molar-refractivity contribution in [3.8, 4) is 0 Å². The predicted octanol–water partition coefficient (Wildman–Crippen LogP) is 7.05. The average molecular weight is 645 g/mol. The van der Waals surface area contributed by atoms with Crippen LogP contribution in [0.4, 0.5) is 35.9 Å². The van der Waals surface area contributed by atoms with Gasteiger partial charge in [0.15, 0.2) is 0 Å². The largest absolute Gasteiger partial charge is 0.418 e. The SMILES string of the molecule is O=[N+]([O-])c1cc([N+](=O)[O-])c(Nc2c(Cl)cc(I)c(Br)c2Br)c(C(F)(F)F)c1. The van der Waals surface area contributed by atoms with Crippen molar-refractivity contribution < 1.29 is 23.0 Å². The normalized spacial score (nSPS) is 11.4. The maximum atomic E-state index is 13.4. The van der Waals surface area contributed by atoms with E-state index in [1.807, 2.05) is 22.6 Å². The Balaban J connectivity index is 2.82. The first kappa shape index (κ1) is 22.1. The summed E-state index contributed by atoms with van der Waals surface area (Å²) in [5.74, 6) is 0. The second kappa shape index (κ2) is 8.05. The first-order chi connectivity index (χ1) is 12.3. The number of non-ortho nitro benzene ring substituents is 1. The molecular weight excluding hydrogens is 641 g/mol. The Bertz CT molecular complexity index is 975. The third-order valence-electron chi connectivity index (χ3n) is 3.18. The standard InChI is InChI=1S/C13H4Br2ClF3IN3O4/c14-9-7(20)3-6(16)12(10(9)15)21-11-5(13(17,18)19)1-4(22(24)25)2-8(11)23(26)27/h1-3,21H. The molecule has 0 fully saturated rings. The number of nitro benzene ring substituents is 2. The molecule has 2 rings (SSSR count). The predicted molar refractivity (Wildman–Crippen MR) is 108 cm³/mol. The summed E-state index contributed by atoms with van der Waals surface area (Å²) in [5, 5.41) is 24.4. The van der Waals surface area contributed by atoms with Crippen LogP contribution in [0.15, 0.2) is 27.1 Å². The third kappa shape index (κ3) is 4.63. The molecule has 2 aromatic carbocycles. The van der Waals surface area contributed by atoms with E-state index in [2.05, 4.69) is 37.2 Å². The van der Waals surface area contributed by atoms with Gasteiger partial charge in [-0.1, -0.05) is 11.6 Å². The van der Waals surface area contributed by atoms with Gasteiger partial charge in [0.25, 0.3) is 11.4 Å². The highest BCUT2D eigenvalue weighted by Gasteiger charge is 2.40. The van der Waals surface area contributed by atoms with Crippen molar-refractivity contribution in [1.82, 2.24) is 0 Å². The van der Waals surface area contributed by atoms with Gasteiger partial charge >= 0.3 is 6.18 Å². The first-order valence-corrected chi connectivity index (χ1v) is 9.53. The highest BCUT2D eigenvalue weighted by Crippen LogP contribution is 2.47. The molecule has 0 unspecified atom stereocenters. The van der Waals surface area contributed by atoms with Gasteiger partial charge in [0.1, 0.15) is 5.69 Å². The van der Waals surface area contributed by atoms with Gasteiger partial charge in [-0.2, -0.15) is 13.2 Å². The van der Waals surface area contributed by atoms with E-state index >= 15 is 0 Å². The first-order valence-electron chi connectivity index (χ1n) is 6.48. The molecule has 0 atom stereocenters. The number of alkyl halides is 3. The van der Waals surface area contributed by atoms with Crippen molar-refractivity contribution in [2.24, 2.45) is 0 Å². The van der Waals surface area contributed by atoms with Gasteiger partial charge < -0.3 is 5.32 Å². The molecule has 0 saturated carbocycles. The number of hydrogen-bond donors (Lipinski definition) is 1. The van der Waals surface area contributed by atoms with E-state index < -0.39 is 38.6 Å². The summed E-state index contributed by atoms with van der Waals surface area (Å²) in [6, 6.07) is 2.09. The van der Waals surface area contributed by atoms with Crippen LogP contribution in [0.1, 0.15) is 5.56 Å². The molecule has 2 aromatic rings. The number of halogens is 7. The highest BCUT2D eigenvalue weighted by atomic mass is 127. The van der Waals surface area contributed by atoms with Crippen molar-refractivity contribution in [2.45, 2.75) is 6.18 Å². The molecule has 7 nitrogen and oxygen atoms in total. The summed E-state index contributed by atoms with van der Waals surface area (Å²) in [7, 11) is 0. The van der Waals surface area contributed by atoms with E-state index in [0.717, 1.165) is 0 Å². The van der Waals surface area contributed by atoms with Gasteiger partial charge in [-0.05, 0) is 60.5 Å². The van der Waals surface area contributed by atoms with E-state index in [-0.39, 0.29) is 21.2 Å². The Hall–Kier alpha value is -1.19. The number of nitro groups is 2. The molecule has 0 saturated heterocycles. The second-order valence-electron chi connectivity index (χ2n) is 4.87. The Morgan fingerprint density at radius 1 is 1.04 bits per heavy atom. The van der Waals surface area contributed by atoms with Crippen molar-refractivity contribution in [1.29, 1.82) is 0 Å². The number of benzene rings is 2. The maximum Gasteiger partial charge on any atom is 0.418 e. The molecule has 14 heteroatoms. The minimum Gasteiger partial charge on any atom is -0.347 e. The summed E-state index contributed by atoms with van der Waals surface area (Å²) < 4.78 is 41.6. The van der Waals surface area contributed by atoms with Gasteiger partial charge in [0.05, 0.1) is 36.7 Å². The Morgan fingerprint density at radius 3 is 2.11 bits per heavy atom. The quantitative estimate of drug-likeness (QED) is 0.126. The number of nitrogens with zero attached hydrogens (tertiary/aromatic N) is 2. The van der Waals surface area contributed by atoms with E-state index in [0.29, 0.717) is 14.1 Å².